The van der Waals surface area contributed by atoms with Crippen molar-refractivity contribution in [3.63, 3.8) is 0 Å². The zero-order valence-corrected chi connectivity index (χ0v) is 11.2. The van der Waals surface area contributed by atoms with E-state index in [0.717, 1.165) is 22.7 Å². The number of rotatable bonds is 4. The highest BCUT2D eigenvalue weighted by Crippen LogP contribution is 2.29. The average molecular weight is 265 g/mol. The fourth-order valence-electron chi connectivity index (χ4n) is 2.08. The zero-order chi connectivity index (χ0) is 13.8. The summed E-state index contributed by atoms with van der Waals surface area (Å²) in [5.41, 5.74) is 2.97. The number of hydrogen-bond donors (Lipinski definition) is 0. The molecule has 0 radical (unpaired) electrons. The largest absolute Gasteiger partial charge is 0.487 e. The minimum absolute atomic E-state index is 0.454. The molecular weight excluding hydrogens is 250 g/mol. The van der Waals surface area contributed by atoms with Crippen LogP contribution in [0.4, 0.5) is 0 Å². The Bertz CT molecular complexity index is 692. The number of benzene rings is 1. The number of ether oxygens (including phenoxy) is 1. The first-order valence-electron chi connectivity index (χ1n) is 6.45. The van der Waals surface area contributed by atoms with E-state index in [2.05, 4.69) is 10.1 Å². The van der Waals surface area contributed by atoms with E-state index in [1.54, 1.807) is 12.4 Å². The van der Waals surface area contributed by atoms with Gasteiger partial charge in [-0.1, -0.05) is 18.2 Å². The fraction of sp³-hybridized carbons (Fsp3) is 0.125. The van der Waals surface area contributed by atoms with Gasteiger partial charge in [-0.15, -0.1) is 0 Å². The van der Waals surface area contributed by atoms with Gasteiger partial charge in [0.2, 0.25) is 0 Å². The van der Waals surface area contributed by atoms with Gasteiger partial charge in [0.15, 0.2) is 0 Å². The lowest BCUT2D eigenvalue weighted by molar-refractivity contribution is 0.302. The van der Waals surface area contributed by atoms with E-state index in [1.165, 1.54) is 0 Å². The van der Waals surface area contributed by atoms with Crippen molar-refractivity contribution in [3.8, 4) is 17.0 Å². The first kappa shape index (κ1) is 12.4. The van der Waals surface area contributed by atoms with Gasteiger partial charge in [-0.3, -0.25) is 9.67 Å². The molecule has 0 bridgehead atoms. The molecule has 2 aromatic heterocycles. The number of nitrogens with zero attached hydrogens (tertiary/aromatic N) is 3. The maximum atomic E-state index is 5.90. The van der Waals surface area contributed by atoms with Crippen molar-refractivity contribution < 1.29 is 4.74 Å². The number of aryl methyl sites for hydroxylation is 1. The summed E-state index contributed by atoms with van der Waals surface area (Å²) >= 11 is 0. The molecule has 4 nitrogen and oxygen atoms in total. The topological polar surface area (TPSA) is 39.9 Å². The summed E-state index contributed by atoms with van der Waals surface area (Å²) in [6.07, 6.45) is 3.55. The van der Waals surface area contributed by atoms with Crippen molar-refractivity contribution in [2.24, 2.45) is 7.05 Å². The fourth-order valence-corrected chi connectivity index (χ4v) is 2.08. The first-order valence-corrected chi connectivity index (χ1v) is 6.45. The molecule has 0 fully saturated rings. The van der Waals surface area contributed by atoms with Crippen LogP contribution in [-0.2, 0) is 13.7 Å². The van der Waals surface area contributed by atoms with Gasteiger partial charge < -0.3 is 4.74 Å². The summed E-state index contributed by atoms with van der Waals surface area (Å²) in [5.74, 6) is 0.835. The Morgan fingerprint density at radius 2 is 1.85 bits per heavy atom. The number of aromatic nitrogens is 3. The van der Waals surface area contributed by atoms with Crippen molar-refractivity contribution in [2.75, 3.05) is 0 Å². The van der Waals surface area contributed by atoms with Crippen LogP contribution in [0.5, 0.6) is 5.75 Å². The van der Waals surface area contributed by atoms with Crippen molar-refractivity contribution in [2.45, 2.75) is 6.61 Å². The SMILES string of the molecule is Cn1nccc1-c1ccccc1OCc1ccccn1. The second-order valence-corrected chi connectivity index (χ2v) is 4.45. The van der Waals surface area contributed by atoms with E-state index in [9.17, 15) is 0 Å². The summed E-state index contributed by atoms with van der Waals surface area (Å²) in [4.78, 5) is 4.26. The maximum Gasteiger partial charge on any atom is 0.130 e. The molecule has 0 amide bonds. The van der Waals surface area contributed by atoms with Crippen LogP contribution >= 0.6 is 0 Å². The predicted octanol–water partition coefficient (Wildman–Crippen LogP) is 3.06. The number of pyridine rings is 1. The molecule has 0 saturated carbocycles. The summed E-state index contributed by atoms with van der Waals surface area (Å²) in [7, 11) is 1.92. The molecule has 0 saturated heterocycles. The molecule has 0 N–H and O–H groups in total. The van der Waals surface area contributed by atoms with E-state index in [-0.39, 0.29) is 0 Å². The van der Waals surface area contributed by atoms with E-state index in [0.29, 0.717) is 6.61 Å². The molecule has 0 spiro atoms. The molecule has 2 heterocycles. The second kappa shape index (κ2) is 5.57. The molecule has 0 aliphatic carbocycles. The molecule has 3 aromatic rings. The van der Waals surface area contributed by atoms with E-state index in [1.807, 2.05) is 60.3 Å². The van der Waals surface area contributed by atoms with Crippen LogP contribution in [0.1, 0.15) is 5.69 Å². The molecule has 1 aromatic carbocycles. The van der Waals surface area contributed by atoms with Crippen LogP contribution in [0.3, 0.4) is 0 Å². The highest BCUT2D eigenvalue weighted by Gasteiger charge is 2.09. The summed E-state index contributed by atoms with van der Waals surface area (Å²) in [6, 6.07) is 15.7. The lowest BCUT2D eigenvalue weighted by atomic mass is 10.1. The smallest absolute Gasteiger partial charge is 0.130 e. The lowest BCUT2D eigenvalue weighted by Crippen LogP contribution is -2.00. The van der Waals surface area contributed by atoms with Crippen molar-refractivity contribution in [3.05, 3.63) is 66.6 Å². The normalized spacial score (nSPS) is 10.4. The van der Waals surface area contributed by atoms with Crippen molar-refractivity contribution in [1.29, 1.82) is 0 Å². The quantitative estimate of drug-likeness (QED) is 0.728. The highest BCUT2D eigenvalue weighted by atomic mass is 16.5. The standard InChI is InChI=1S/C16H15N3O/c1-19-15(9-11-18-19)14-7-2-3-8-16(14)20-12-13-6-4-5-10-17-13/h2-11H,12H2,1H3. The Balaban J connectivity index is 1.86. The third kappa shape index (κ3) is 2.54. The Hall–Kier alpha value is -2.62. The van der Waals surface area contributed by atoms with Crippen LogP contribution < -0.4 is 4.74 Å². The molecule has 3 rings (SSSR count). The summed E-state index contributed by atoms with van der Waals surface area (Å²) < 4.78 is 7.73. The van der Waals surface area contributed by atoms with Gasteiger partial charge in [0, 0.05) is 25.0 Å². The number of hydrogen-bond acceptors (Lipinski definition) is 3. The lowest BCUT2D eigenvalue weighted by Gasteiger charge is -2.11. The van der Waals surface area contributed by atoms with Crippen LogP contribution in [0.15, 0.2) is 60.9 Å². The minimum atomic E-state index is 0.454. The highest BCUT2D eigenvalue weighted by molar-refractivity contribution is 5.67. The van der Waals surface area contributed by atoms with Crippen LogP contribution in [0.25, 0.3) is 11.3 Å². The first-order chi connectivity index (χ1) is 9.84. The Kier molecular flexibility index (Phi) is 3.46. The van der Waals surface area contributed by atoms with Gasteiger partial charge in [-0.25, -0.2) is 0 Å². The molecule has 0 aliphatic rings. The Morgan fingerprint density at radius 1 is 1.00 bits per heavy atom. The van der Waals surface area contributed by atoms with E-state index < -0.39 is 0 Å². The third-order valence-corrected chi connectivity index (χ3v) is 3.09. The molecule has 0 atom stereocenters. The van der Waals surface area contributed by atoms with Gasteiger partial charge in [0.1, 0.15) is 12.4 Å². The van der Waals surface area contributed by atoms with Crippen LogP contribution in [-0.4, -0.2) is 14.8 Å². The molecule has 20 heavy (non-hydrogen) atoms. The molecule has 4 heteroatoms. The molecule has 100 valence electrons. The van der Waals surface area contributed by atoms with Gasteiger partial charge in [-0.2, -0.15) is 5.10 Å². The second-order valence-electron chi connectivity index (χ2n) is 4.45. The van der Waals surface area contributed by atoms with E-state index >= 15 is 0 Å². The molecule has 0 unspecified atom stereocenters. The zero-order valence-electron chi connectivity index (χ0n) is 11.2. The minimum Gasteiger partial charge on any atom is -0.487 e. The molecule has 0 aliphatic heterocycles. The van der Waals surface area contributed by atoms with Crippen molar-refractivity contribution in [1.82, 2.24) is 14.8 Å². The third-order valence-electron chi connectivity index (χ3n) is 3.09. The van der Waals surface area contributed by atoms with Crippen LogP contribution in [0, 0.1) is 0 Å². The molecular formula is C16H15N3O. The summed E-state index contributed by atoms with van der Waals surface area (Å²) in [6.45, 7) is 0.454. The predicted molar refractivity (Wildman–Crippen MR) is 77.2 cm³/mol. The van der Waals surface area contributed by atoms with Crippen molar-refractivity contribution >= 4 is 0 Å². The van der Waals surface area contributed by atoms with Gasteiger partial charge in [-0.05, 0) is 30.3 Å². The number of para-hydroxylation sites is 1. The van der Waals surface area contributed by atoms with Gasteiger partial charge >= 0.3 is 0 Å². The monoisotopic (exact) mass is 265 g/mol. The van der Waals surface area contributed by atoms with E-state index in [4.69, 9.17) is 4.74 Å². The van der Waals surface area contributed by atoms with Crippen LogP contribution in [0.2, 0.25) is 0 Å². The summed E-state index contributed by atoms with van der Waals surface area (Å²) in [5, 5.41) is 4.20. The average Bonchev–Trinajstić information content (AvgIpc) is 2.92. The van der Waals surface area contributed by atoms with Gasteiger partial charge in [0.25, 0.3) is 0 Å². The maximum absolute atomic E-state index is 5.90. The Labute approximate surface area is 117 Å². The van der Waals surface area contributed by atoms with Gasteiger partial charge in [0.05, 0.1) is 11.4 Å². The Morgan fingerprint density at radius 3 is 2.60 bits per heavy atom.